The van der Waals surface area contributed by atoms with Gasteiger partial charge < -0.3 is 5.32 Å². The van der Waals surface area contributed by atoms with Crippen molar-refractivity contribution in [2.45, 2.75) is 43.1 Å². The zero-order valence-electron chi connectivity index (χ0n) is 9.78. The lowest BCUT2D eigenvalue weighted by molar-refractivity contribution is 0.516. The molecular weight excluding hydrogens is 218 g/mol. The Morgan fingerprint density at radius 2 is 2.19 bits per heavy atom. The van der Waals surface area contributed by atoms with Gasteiger partial charge in [-0.3, -0.25) is 0 Å². The SMILES string of the molecule is CNc1ccnc(CSC2CCCCC2)n1. The van der Waals surface area contributed by atoms with Gasteiger partial charge in [-0.1, -0.05) is 19.3 Å². The summed E-state index contributed by atoms with van der Waals surface area (Å²) in [6.45, 7) is 0. The first kappa shape index (κ1) is 11.7. The summed E-state index contributed by atoms with van der Waals surface area (Å²) in [5, 5.41) is 3.87. The molecule has 1 heterocycles. The second-order valence-electron chi connectivity index (χ2n) is 4.18. The van der Waals surface area contributed by atoms with Crippen LogP contribution in [0.15, 0.2) is 12.3 Å². The molecule has 1 aliphatic rings. The van der Waals surface area contributed by atoms with Crippen molar-refractivity contribution in [2.24, 2.45) is 0 Å². The Morgan fingerprint density at radius 3 is 2.94 bits per heavy atom. The fraction of sp³-hybridized carbons (Fsp3) is 0.667. The number of aromatic nitrogens is 2. The van der Waals surface area contributed by atoms with E-state index in [1.165, 1.54) is 32.1 Å². The van der Waals surface area contributed by atoms with Gasteiger partial charge in [-0.15, -0.1) is 0 Å². The van der Waals surface area contributed by atoms with Crippen LogP contribution in [0.3, 0.4) is 0 Å². The number of hydrogen-bond acceptors (Lipinski definition) is 4. The Bertz CT molecular complexity index is 324. The molecule has 0 spiro atoms. The fourth-order valence-corrected chi connectivity index (χ4v) is 3.22. The molecule has 0 bridgehead atoms. The van der Waals surface area contributed by atoms with Crippen LogP contribution < -0.4 is 5.32 Å². The van der Waals surface area contributed by atoms with E-state index in [1.807, 2.05) is 31.1 Å². The predicted octanol–water partition coefficient (Wildman–Crippen LogP) is 3.08. The largest absolute Gasteiger partial charge is 0.373 e. The van der Waals surface area contributed by atoms with E-state index in [9.17, 15) is 0 Å². The number of rotatable bonds is 4. The topological polar surface area (TPSA) is 37.8 Å². The normalized spacial score (nSPS) is 17.3. The summed E-state index contributed by atoms with van der Waals surface area (Å²) in [5.74, 6) is 2.80. The molecule has 16 heavy (non-hydrogen) atoms. The summed E-state index contributed by atoms with van der Waals surface area (Å²) in [5.41, 5.74) is 0. The molecule has 1 N–H and O–H groups in total. The van der Waals surface area contributed by atoms with Crippen LogP contribution in [0.4, 0.5) is 5.82 Å². The van der Waals surface area contributed by atoms with Crippen molar-refractivity contribution in [1.29, 1.82) is 0 Å². The van der Waals surface area contributed by atoms with Crippen LogP contribution in [-0.4, -0.2) is 22.3 Å². The molecular formula is C12H19N3S. The Balaban J connectivity index is 1.83. The van der Waals surface area contributed by atoms with Crippen molar-refractivity contribution in [1.82, 2.24) is 9.97 Å². The number of thioether (sulfide) groups is 1. The monoisotopic (exact) mass is 237 g/mol. The summed E-state index contributed by atoms with van der Waals surface area (Å²) in [4.78, 5) is 8.73. The Hall–Kier alpha value is -0.770. The minimum Gasteiger partial charge on any atom is -0.373 e. The summed E-state index contributed by atoms with van der Waals surface area (Å²) < 4.78 is 0. The molecule has 88 valence electrons. The minimum atomic E-state index is 0.829. The van der Waals surface area contributed by atoms with Gasteiger partial charge in [0.1, 0.15) is 11.6 Å². The Kier molecular flexibility index (Phi) is 4.45. The summed E-state index contributed by atoms with van der Waals surface area (Å²) in [7, 11) is 1.89. The van der Waals surface area contributed by atoms with Crippen molar-refractivity contribution in [3.63, 3.8) is 0 Å². The van der Waals surface area contributed by atoms with Crippen LogP contribution in [0.2, 0.25) is 0 Å². The zero-order valence-corrected chi connectivity index (χ0v) is 10.6. The van der Waals surface area contributed by atoms with E-state index in [-0.39, 0.29) is 0 Å². The van der Waals surface area contributed by atoms with Gasteiger partial charge >= 0.3 is 0 Å². The number of nitrogens with one attached hydrogen (secondary N) is 1. The average Bonchev–Trinajstić information content (AvgIpc) is 2.38. The molecule has 1 aromatic heterocycles. The molecule has 0 atom stereocenters. The highest BCUT2D eigenvalue weighted by molar-refractivity contribution is 7.99. The lowest BCUT2D eigenvalue weighted by Gasteiger charge is -2.20. The predicted molar refractivity (Wildman–Crippen MR) is 69.7 cm³/mol. The smallest absolute Gasteiger partial charge is 0.140 e. The van der Waals surface area contributed by atoms with E-state index in [2.05, 4.69) is 15.3 Å². The first-order chi connectivity index (χ1) is 7.88. The van der Waals surface area contributed by atoms with E-state index >= 15 is 0 Å². The molecule has 1 aliphatic carbocycles. The molecule has 1 fully saturated rings. The maximum Gasteiger partial charge on any atom is 0.140 e. The van der Waals surface area contributed by atoms with E-state index in [1.54, 1.807) is 0 Å². The van der Waals surface area contributed by atoms with Crippen LogP contribution in [0.1, 0.15) is 37.9 Å². The van der Waals surface area contributed by atoms with Gasteiger partial charge in [-0.25, -0.2) is 9.97 Å². The van der Waals surface area contributed by atoms with Crippen LogP contribution in [0.25, 0.3) is 0 Å². The second kappa shape index (κ2) is 6.09. The van der Waals surface area contributed by atoms with Crippen molar-refractivity contribution < 1.29 is 0 Å². The highest BCUT2D eigenvalue weighted by Crippen LogP contribution is 2.29. The Labute approximate surface area is 101 Å². The van der Waals surface area contributed by atoms with E-state index in [0.29, 0.717) is 0 Å². The van der Waals surface area contributed by atoms with Gasteiger partial charge in [0.15, 0.2) is 0 Å². The molecule has 3 nitrogen and oxygen atoms in total. The molecule has 4 heteroatoms. The lowest BCUT2D eigenvalue weighted by Crippen LogP contribution is -2.09. The van der Waals surface area contributed by atoms with Crippen LogP contribution >= 0.6 is 11.8 Å². The Morgan fingerprint density at radius 1 is 1.38 bits per heavy atom. The standard InChI is InChI=1S/C12H19N3S/c1-13-11-7-8-14-12(15-11)9-16-10-5-3-2-4-6-10/h7-8,10H,2-6,9H2,1H3,(H,13,14,15). The van der Waals surface area contributed by atoms with Crippen molar-refractivity contribution in [3.8, 4) is 0 Å². The first-order valence-electron chi connectivity index (χ1n) is 6.00. The van der Waals surface area contributed by atoms with Crippen LogP contribution in [-0.2, 0) is 5.75 Å². The third-order valence-corrected chi connectivity index (χ3v) is 4.33. The van der Waals surface area contributed by atoms with E-state index in [4.69, 9.17) is 0 Å². The third-order valence-electron chi connectivity index (χ3n) is 2.96. The lowest BCUT2D eigenvalue weighted by atomic mass is 10.0. The maximum absolute atomic E-state index is 4.43. The van der Waals surface area contributed by atoms with Gasteiger partial charge in [0.25, 0.3) is 0 Å². The van der Waals surface area contributed by atoms with Crippen molar-refractivity contribution in [3.05, 3.63) is 18.1 Å². The molecule has 0 amide bonds. The molecule has 0 unspecified atom stereocenters. The van der Waals surface area contributed by atoms with Crippen LogP contribution in [0.5, 0.6) is 0 Å². The molecule has 0 aliphatic heterocycles. The van der Waals surface area contributed by atoms with Gasteiger partial charge in [-0.2, -0.15) is 11.8 Å². The molecule has 1 saturated carbocycles. The highest BCUT2D eigenvalue weighted by atomic mass is 32.2. The quantitative estimate of drug-likeness (QED) is 0.873. The molecule has 0 saturated heterocycles. The van der Waals surface area contributed by atoms with Crippen LogP contribution in [0, 0.1) is 0 Å². The number of anilines is 1. The highest BCUT2D eigenvalue weighted by Gasteiger charge is 2.14. The minimum absolute atomic E-state index is 0.829. The zero-order chi connectivity index (χ0) is 11.2. The van der Waals surface area contributed by atoms with Gasteiger partial charge in [0.2, 0.25) is 0 Å². The maximum atomic E-state index is 4.43. The fourth-order valence-electron chi connectivity index (χ4n) is 2.03. The van der Waals surface area contributed by atoms with Crippen molar-refractivity contribution >= 4 is 17.6 Å². The summed E-state index contributed by atoms with van der Waals surface area (Å²) in [6.07, 6.45) is 8.79. The summed E-state index contributed by atoms with van der Waals surface area (Å²) >= 11 is 2.02. The molecule has 0 aromatic carbocycles. The second-order valence-corrected chi connectivity index (χ2v) is 5.47. The third kappa shape index (κ3) is 3.37. The first-order valence-corrected chi connectivity index (χ1v) is 7.04. The number of nitrogens with zero attached hydrogens (tertiary/aromatic N) is 2. The van der Waals surface area contributed by atoms with E-state index < -0.39 is 0 Å². The van der Waals surface area contributed by atoms with Gasteiger partial charge in [-0.05, 0) is 18.9 Å². The van der Waals surface area contributed by atoms with Gasteiger partial charge in [0, 0.05) is 18.5 Å². The van der Waals surface area contributed by atoms with E-state index in [0.717, 1.165) is 22.6 Å². The van der Waals surface area contributed by atoms with Gasteiger partial charge in [0.05, 0.1) is 5.75 Å². The summed E-state index contributed by atoms with van der Waals surface area (Å²) in [6, 6.07) is 1.90. The molecule has 2 rings (SSSR count). The number of hydrogen-bond donors (Lipinski definition) is 1. The molecule has 0 radical (unpaired) electrons. The average molecular weight is 237 g/mol. The van der Waals surface area contributed by atoms with Crippen molar-refractivity contribution in [2.75, 3.05) is 12.4 Å². The molecule has 1 aromatic rings.